The van der Waals surface area contributed by atoms with E-state index in [4.69, 9.17) is 17.0 Å². The second-order valence-electron chi connectivity index (χ2n) is 3.86. The smallest absolute Gasteiger partial charge is 0.413 e. The van der Waals surface area contributed by atoms with Gasteiger partial charge in [-0.25, -0.2) is 4.79 Å². The molecule has 0 aromatic heterocycles. The molecule has 0 aliphatic carbocycles. The number of hydrogen-bond acceptors (Lipinski definition) is 6. The molecule has 0 saturated heterocycles. The summed E-state index contributed by atoms with van der Waals surface area (Å²) < 4.78 is 9.70. The van der Waals surface area contributed by atoms with Crippen LogP contribution in [0.2, 0.25) is 0 Å². The minimum atomic E-state index is -0.766. The Hall–Kier alpha value is -2.42. The monoisotopic (exact) mass is 313 g/mol. The van der Waals surface area contributed by atoms with Crippen LogP contribution in [0.1, 0.15) is 13.3 Å². The van der Waals surface area contributed by atoms with Gasteiger partial charge in [0.15, 0.2) is 5.11 Å². The van der Waals surface area contributed by atoms with Crippen molar-refractivity contribution in [1.29, 1.82) is 0 Å². The van der Waals surface area contributed by atoms with E-state index in [-0.39, 0.29) is 16.5 Å². The molecule has 0 atom stereocenters. The quantitative estimate of drug-likeness (QED) is 0.489. The lowest BCUT2D eigenvalue weighted by molar-refractivity contribution is -0.384. The maximum Gasteiger partial charge on any atom is 0.413 e. The zero-order chi connectivity index (χ0) is 15.8. The van der Waals surface area contributed by atoms with Crippen molar-refractivity contribution in [2.75, 3.05) is 19.0 Å². The number of carbonyl (C=O) groups excluding carboxylic acids is 1. The lowest BCUT2D eigenvalue weighted by Gasteiger charge is -2.10. The summed E-state index contributed by atoms with van der Waals surface area (Å²) in [7, 11) is 1.18. The summed E-state index contributed by atoms with van der Waals surface area (Å²) in [5.74, 6) is 0.390. The Morgan fingerprint density at radius 2 is 2.19 bits per heavy atom. The van der Waals surface area contributed by atoms with Crippen LogP contribution in [0.5, 0.6) is 5.75 Å². The minimum Gasteiger partial charge on any atom is -0.493 e. The van der Waals surface area contributed by atoms with E-state index in [0.717, 1.165) is 6.42 Å². The highest BCUT2D eigenvalue weighted by molar-refractivity contribution is 7.80. The Balaban J connectivity index is 2.88. The van der Waals surface area contributed by atoms with Crippen LogP contribution >= 0.6 is 12.2 Å². The molecule has 8 nitrogen and oxygen atoms in total. The fourth-order valence-corrected chi connectivity index (χ4v) is 1.57. The van der Waals surface area contributed by atoms with Gasteiger partial charge < -0.3 is 14.8 Å². The van der Waals surface area contributed by atoms with Gasteiger partial charge in [-0.3, -0.25) is 15.4 Å². The molecule has 0 radical (unpaired) electrons. The highest BCUT2D eigenvalue weighted by atomic mass is 32.1. The highest BCUT2D eigenvalue weighted by Gasteiger charge is 2.17. The zero-order valence-corrected chi connectivity index (χ0v) is 12.4. The van der Waals surface area contributed by atoms with E-state index in [9.17, 15) is 14.9 Å². The van der Waals surface area contributed by atoms with Gasteiger partial charge in [0.1, 0.15) is 11.4 Å². The number of anilines is 1. The number of ether oxygens (including phenoxy) is 2. The van der Waals surface area contributed by atoms with Crippen molar-refractivity contribution in [2.24, 2.45) is 0 Å². The van der Waals surface area contributed by atoms with Crippen molar-refractivity contribution < 1.29 is 19.2 Å². The number of benzene rings is 1. The molecule has 1 amide bonds. The number of alkyl carbamates (subject to hydrolysis) is 1. The van der Waals surface area contributed by atoms with Crippen LogP contribution in [0.4, 0.5) is 16.2 Å². The molecule has 1 rings (SSSR count). The number of hydrogen-bond donors (Lipinski definition) is 2. The van der Waals surface area contributed by atoms with Gasteiger partial charge in [0.2, 0.25) is 0 Å². The number of rotatable bonds is 5. The van der Waals surface area contributed by atoms with E-state index < -0.39 is 11.0 Å². The van der Waals surface area contributed by atoms with Crippen LogP contribution in [-0.4, -0.2) is 29.8 Å². The SMILES string of the molecule is CCCOc1ccc(NC(=S)NC(=O)OC)c([N+](=O)[O-])c1. The summed E-state index contributed by atoms with van der Waals surface area (Å²) in [6, 6.07) is 4.32. The molecule has 0 spiro atoms. The molecule has 0 saturated carbocycles. The first kappa shape index (κ1) is 16.6. The number of amides is 1. The molecule has 0 unspecified atom stereocenters. The number of methoxy groups -OCH3 is 1. The third-order valence-electron chi connectivity index (χ3n) is 2.29. The average molecular weight is 313 g/mol. The fraction of sp³-hybridized carbons (Fsp3) is 0.333. The third kappa shape index (κ3) is 5.22. The molecule has 9 heteroatoms. The number of carbonyl (C=O) groups is 1. The van der Waals surface area contributed by atoms with Crippen molar-refractivity contribution in [2.45, 2.75) is 13.3 Å². The summed E-state index contributed by atoms with van der Waals surface area (Å²) >= 11 is 4.85. The third-order valence-corrected chi connectivity index (χ3v) is 2.49. The Morgan fingerprint density at radius 1 is 1.48 bits per heavy atom. The van der Waals surface area contributed by atoms with Gasteiger partial charge >= 0.3 is 6.09 Å². The zero-order valence-electron chi connectivity index (χ0n) is 11.5. The van der Waals surface area contributed by atoms with Crippen molar-refractivity contribution in [3.05, 3.63) is 28.3 Å². The van der Waals surface area contributed by atoms with Crippen LogP contribution < -0.4 is 15.4 Å². The topological polar surface area (TPSA) is 103 Å². The van der Waals surface area contributed by atoms with Crippen LogP contribution in [0.15, 0.2) is 18.2 Å². The molecule has 0 heterocycles. The second kappa shape index (κ2) is 8.00. The standard InChI is InChI=1S/C12H15N3O5S/c1-3-6-20-8-4-5-9(10(7-8)15(17)18)13-11(21)14-12(16)19-2/h4-5,7H,3,6H2,1-2H3,(H2,13,14,16,21). The van der Waals surface area contributed by atoms with Gasteiger partial charge in [0.05, 0.1) is 24.7 Å². The first-order valence-electron chi connectivity index (χ1n) is 6.05. The fourth-order valence-electron chi connectivity index (χ4n) is 1.38. The van der Waals surface area contributed by atoms with E-state index >= 15 is 0 Å². The molecule has 0 aliphatic heterocycles. The van der Waals surface area contributed by atoms with Gasteiger partial charge in [0.25, 0.3) is 5.69 Å². The highest BCUT2D eigenvalue weighted by Crippen LogP contribution is 2.29. The van der Waals surface area contributed by atoms with E-state index in [1.807, 2.05) is 6.92 Å². The van der Waals surface area contributed by atoms with Gasteiger partial charge in [-0.1, -0.05) is 6.92 Å². The first-order valence-corrected chi connectivity index (χ1v) is 6.46. The average Bonchev–Trinajstić information content (AvgIpc) is 2.45. The lowest BCUT2D eigenvalue weighted by Crippen LogP contribution is -2.34. The van der Waals surface area contributed by atoms with E-state index in [2.05, 4.69) is 15.4 Å². The summed E-state index contributed by atoms with van der Waals surface area (Å²) in [4.78, 5) is 21.5. The molecule has 114 valence electrons. The van der Waals surface area contributed by atoms with E-state index in [1.54, 1.807) is 6.07 Å². The van der Waals surface area contributed by atoms with Crippen LogP contribution in [-0.2, 0) is 4.74 Å². The molecular formula is C12H15N3O5S. The Labute approximate surface area is 126 Å². The van der Waals surface area contributed by atoms with Crippen molar-refractivity contribution in [1.82, 2.24) is 5.32 Å². The van der Waals surface area contributed by atoms with Crippen LogP contribution in [0.3, 0.4) is 0 Å². The van der Waals surface area contributed by atoms with Crippen molar-refractivity contribution >= 4 is 34.8 Å². The van der Waals surface area contributed by atoms with Crippen molar-refractivity contribution in [3.63, 3.8) is 0 Å². The number of nitrogens with one attached hydrogen (secondary N) is 2. The van der Waals surface area contributed by atoms with E-state index in [1.165, 1.54) is 19.2 Å². The van der Waals surface area contributed by atoms with Gasteiger partial charge in [-0.2, -0.15) is 0 Å². The summed E-state index contributed by atoms with van der Waals surface area (Å²) in [5, 5.41) is 15.7. The molecule has 21 heavy (non-hydrogen) atoms. The number of nitrogens with zero attached hydrogens (tertiary/aromatic N) is 1. The number of nitro benzene ring substituents is 1. The molecule has 0 aliphatic rings. The lowest BCUT2D eigenvalue weighted by atomic mass is 10.2. The van der Waals surface area contributed by atoms with Gasteiger partial charge in [-0.15, -0.1) is 0 Å². The molecule has 0 bridgehead atoms. The molecule has 0 fully saturated rings. The predicted octanol–water partition coefficient (Wildman–Crippen LogP) is 2.44. The number of thiocarbonyl (C=S) groups is 1. The first-order chi connectivity index (χ1) is 9.97. The van der Waals surface area contributed by atoms with Gasteiger partial charge in [0, 0.05) is 0 Å². The second-order valence-corrected chi connectivity index (χ2v) is 4.26. The molecule has 1 aromatic carbocycles. The maximum absolute atomic E-state index is 11.1. The van der Waals surface area contributed by atoms with Gasteiger partial charge in [-0.05, 0) is 30.8 Å². The van der Waals surface area contributed by atoms with Crippen LogP contribution in [0.25, 0.3) is 0 Å². The van der Waals surface area contributed by atoms with Crippen molar-refractivity contribution in [3.8, 4) is 5.75 Å². The molecule has 1 aromatic rings. The summed E-state index contributed by atoms with van der Waals surface area (Å²) in [5.41, 5.74) is -0.0668. The molecular weight excluding hydrogens is 298 g/mol. The van der Waals surface area contributed by atoms with Crippen LogP contribution in [0, 0.1) is 10.1 Å². The predicted molar refractivity (Wildman–Crippen MR) is 80.6 cm³/mol. The Kier molecular flexibility index (Phi) is 6.34. The molecule has 2 N–H and O–H groups in total. The summed E-state index contributed by atoms with van der Waals surface area (Å²) in [6.07, 6.45) is 0.0269. The Morgan fingerprint density at radius 3 is 2.76 bits per heavy atom. The minimum absolute atomic E-state index is 0.104. The van der Waals surface area contributed by atoms with E-state index in [0.29, 0.717) is 12.4 Å². The Bertz CT molecular complexity index is 550. The normalized spacial score (nSPS) is 9.62. The maximum atomic E-state index is 11.1. The summed E-state index contributed by atoms with van der Waals surface area (Å²) in [6.45, 7) is 2.40. The number of nitro groups is 1. The largest absolute Gasteiger partial charge is 0.493 e.